The highest BCUT2D eigenvalue weighted by atomic mass is 16.3. The van der Waals surface area contributed by atoms with Gasteiger partial charge in [-0.1, -0.05) is 30.3 Å². The summed E-state index contributed by atoms with van der Waals surface area (Å²) in [5.74, 6) is 0.00723. The molecule has 4 rings (SSSR count). The van der Waals surface area contributed by atoms with Crippen LogP contribution in [0.3, 0.4) is 0 Å². The molecule has 23 heavy (non-hydrogen) atoms. The number of hydrogen-bond donors (Lipinski definition) is 3. The van der Waals surface area contributed by atoms with E-state index < -0.39 is 11.5 Å². The molecule has 1 aliphatic carbocycles. The van der Waals surface area contributed by atoms with Gasteiger partial charge in [-0.05, 0) is 29.5 Å². The maximum Gasteiger partial charge on any atom is 0.270 e. The summed E-state index contributed by atoms with van der Waals surface area (Å²) in [6.07, 6.45) is 1.11. The molecule has 5 nitrogen and oxygen atoms in total. The molecule has 0 unspecified atom stereocenters. The number of amides is 1. The Morgan fingerprint density at radius 3 is 2.70 bits per heavy atom. The van der Waals surface area contributed by atoms with Gasteiger partial charge in [-0.2, -0.15) is 0 Å². The number of likely N-dealkylation sites (tertiary alicyclic amines) is 1. The van der Waals surface area contributed by atoms with E-state index in [-0.39, 0.29) is 24.3 Å². The van der Waals surface area contributed by atoms with Gasteiger partial charge in [-0.25, -0.2) is 0 Å². The third kappa shape index (κ3) is 2.04. The Bertz CT molecular complexity index is 700. The quantitative estimate of drug-likeness (QED) is 0.798. The SMILES string of the molecule is O=C(c1ccc[nH]1)N1C[C@@H](O)[C@@]2(C1)[C@H](CO)[C@H]2c1ccccc1. The predicted octanol–water partition coefficient (Wildman–Crippen LogP) is 1.22. The van der Waals surface area contributed by atoms with Crippen molar-refractivity contribution in [3.05, 3.63) is 59.9 Å². The second-order valence-corrected chi connectivity index (χ2v) is 6.58. The van der Waals surface area contributed by atoms with Crippen LogP contribution in [-0.2, 0) is 0 Å². The van der Waals surface area contributed by atoms with Crippen LogP contribution in [0.5, 0.6) is 0 Å². The number of nitrogens with zero attached hydrogens (tertiary/aromatic N) is 1. The molecule has 1 aromatic heterocycles. The highest BCUT2D eigenvalue weighted by molar-refractivity contribution is 5.92. The average molecular weight is 312 g/mol. The number of benzene rings is 1. The van der Waals surface area contributed by atoms with Crippen molar-refractivity contribution in [1.29, 1.82) is 0 Å². The second kappa shape index (κ2) is 5.22. The maximum atomic E-state index is 12.5. The number of aromatic nitrogens is 1. The van der Waals surface area contributed by atoms with Gasteiger partial charge in [0.1, 0.15) is 5.69 Å². The van der Waals surface area contributed by atoms with Crippen LogP contribution in [0.4, 0.5) is 0 Å². The van der Waals surface area contributed by atoms with E-state index in [1.807, 2.05) is 30.3 Å². The van der Waals surface area contributed by atoms with Gasteiger partial charge in [0.15, 0.2) is 0 Å². The Labute approximate surface area is 134 Å². The van der Waals surface area contributed by atoms with Crippen molar-refractivity contribution in [2.45, 2.75) is 12.0 Å². The number of H-pyrrole nitrogens is 1. The summed E-state index contributed by atoms with van der Waals surface area (Å²) >= 11 is 0. The molecule has 5 heteroatoms. The van der Waals surface area contributed by atoms with Crippen molar-refractivity contribution < 1.29 is 15.0 Å². The third-order valence-electron chi connectivity index (χ3n) is 5.51. The molecule has 2 aliphatic rings. The lowest BCUT2D eigenvalue weighted by atomic mass is 9.95. The van der Waals surface area contributed by atoms with Crippen LogP contribution in [0.25, 0.3) is 0 Å². The molecule has 3 N–H and O–H groups in total. The second-order valence-electron chi connectivity index (χ2n) is 6.58. The third-order valence-corrected chi connectivity index (χ3v) is 5.51. The molecular formula is C18H20N2O3. The zero-order chi connectivity index (χ0) is 16.0. The minimum atomic E-state index is -0.608. The first kappa shape index (κ1) is 14.5. The number of carbonyl (C=O) groups excluding carboxylic acids is 1. The van der Waals surface area contributed by atoms with Crippen molar-refractivity contribution in [3.8, 4) is 0 Å². The Morgan fingerprint density at radius 2 is 2.04 bits per heavy atom. The lowest BCUT2D eigenvalue weighted by molar-refractivity contribution is 0.0759. The molecule has 1 saturated carbocycles. The fraction of sp³-hybridized carbons (Fsp3) is 0.389. The van der Waals surface area contributed by atoms with E-state index in [1.165, 1.54) is 0 Å². The monoisotopic (exact) mass is 312 g/mol. The fourth-order valence-corrected chi connectivity index (χ4v) is 4.36. The number of carbonyl (C=O) groups is 1. The first-order valence-corrected chi connectivity index (χ1v) is 7.95. The molecule has 2 aromatic rings. The van der Waals surface area contributed by atoms with Gasteiger partial charge < -0.3 is 20.1 Å². The molecule has 1 spiro atoms. The predicted molar refractivity (Wildman–Crippen MR) is 84.9 cm³/mol. The minimum absolute atomic E-state index is 0.00124. The van der Waals surface area contributed by atoms with Crippen LogP contribution in [0.1, 0.15) is 22.0 Å². The van der Waals surface area contributed by atoms with Gasteiger partial charge in [0.2, 0.25) is 0 Å². The number of aliphatic hydroxyl groups is 2. The van der Waals surface area contributed by atoms with Crippen LogP contribution in [0, 0.1) is 11.3 Å². The molecule has 1 saturated heterocycles. The Balaban J connectivity index is 1.61. The lowest BCUT2D eigenvalue weighted by Gasteiger charge is -2.16. The van der Waals surface area contributed by atoms with Crippen molar-refractivity contribution in [1.82, 2.24) is 9.88 Å². The molecule has 120 valence electrons. The lowest BCUT2D eigenvalue weighted by Crippen LogP contribution is -2.30. The molecule has 0 radical (unpaired) electrons. The van der Waals surface area contributed by atoms with Crippen LogP contribution in [0.15, 0.2) is 48.7 Å². The smallest absolute Gasteiger partial charge is 0.270 e. The molecular weight excluding hydrogens is 292 g/mol. The number of aliphatic hydroxyl groups excluding tert-OH is 2. The van der Waals surface area contributed by atoms with Gasteiger partial charge in [0.25, 0.3) is 5.91 Å². The van der Waals surface area contributed by atoms with E-state index >= 15 is 0 Å². The Morgan fingerprint density at radius 1 is 1.26 bits per heavy atom. The van der Waals surface area contributed by atoms with E-state index in [0.29, 0.717) is 18.8 Å². The van der Waals surface area contributed by atoms with E-state index in [2.05, 4.69) is 4.98 Å². The minimum Gasteiger partial charge on any atom is -0.396 e. The molecule has 2 heterocycles. The molecule has 1 aliphatic heterocycles. The summed E-state index contributed by atoms with van der Waals surface area (Å²) in [5, 5.41) is 20.4. The highest BCUT2D eigenvalue weighted by Crippen LogP contribution is 2.68. The summed E-state index contributed by atoms with van der Waals surface area (Å²) < 4.78 is 0. The van der Waals surface area contributed by atoms with Crippen LogP contribution >= 0.6 is 0 Å². The summed E-state index contributed by atoms with van der Waals surface area (Å²) in [5.41, 5.74) is 1.24. The standard InChI is InChI=1S/C18H20N2O3/c21-10-13-16(12-5-2-1-3-6-12)18(13)11-20(9-15(18)22)17(23)14-7-4-8-19-14/h1-8,13,15-16,19,21-22H,9-11H2/t13-,15-,16-,18-/m1/s1. The van der Waals surface area contributed by atoms with E-state index in [1.54, 1.807) is 23.2 Å². The number of aromatic amines is 1. The van der Waals surface area contributed by atoms with Crippen LogP contribution in [0.2, 0.25) is 0 Å². The van der Waals surface area contributed by atoms with Gasteiger partial charge in [0.05, 0.1) is 6.10 Å². The molecule has 0 bridgehead atoms. The normalized spacial score (nSPS) is 32.4. The van der Waals surface area contributed by atoms with Gasteiger partial charge in [0, 0.05) is 31.3 Å². The number of hydrogen-bond acceptors (Lipinski definition) is 3. The Kier molecular flexibility index (Phi) is 3.28. The number of nitrogens with one attached hydrogen (secondary N) is 1. The van der Waals surface area contributed by atoms with Crippen molar-refractivity contribution in [2.75, 3.05) is 19.7 Å². The average Bonchev–Trinajstić information content (AvgIpc) is 2.90. The zero-order valence-electron chi connectivity index (χ0n) is 12.7. The maximum absolute atomic E-state index is 12.5. The van der Waals surface area contributed by atoms with Crippen LogP contribution < -0.4 is 0 Å². The fourth-order valence-electron chi connectivity index (χ4n) is 4.36. The highest BCUT2D eigenvalue weighted by Gasteiger charge is 2.71. The summed E-state index contributed by atoms with van der Waals surface area (Å²) in [6.45, 7) is 0.829. The van der Waals surface area contributed by atoms with Crippen molar-refractivity contribution >= 4 is 5.91 Å². The van der Waals surface area contributed by atoms with E-state index in [4.69, 9.17) is 0 Å². The summed E-state index contributed by atoms with van der Waals surface area (Å²) in [6, 6.07) is 13.5. The summed E-state index contributed by atoms with van der Waals surface area (Å²) in [7, 11) is 0. The Hall–Kier alpha value is -2.11. The van der Waals surface area contributed by atoms with E-state index in [0.717, 1.165) is 5.56 Å². The topological polar surface area (TPSA) is 76.6 Å². The van der Waals surface area contributed by atoms with Gasteiger partial charge >= 0.3 is 0 Å². The first-order chi connectivity index (χ1) is 11.2. The summed E-state index contributed by atoms with van der Waals surface area (Å²) in [4.78, 5) is 17.1. The first-order valence-electron chi connectivity index (χ1n) is 7.95. The van der Waals surface area contributed by atoms with Crippen molar-refractivity contribution in [3.63, 3.8) is 0 Å². The molecule has 4 atom stereocenters. The molecule has 1 amide bonds. The molecule has 1 aromatic carbocycles. The van der Waals surface area contributed by atoms with Crippen molar-refractivity contribution in [2.24, 2.45) is 11.3 Å². The van der Waals surface area contributed by atoms with E-state index in [9.17, 15) is 15.0 Å². The largest absolute Gasteiger partial charge is 0.396 e. The van der Waals surface area contributed by atoms with Gasteiger partial charge in [-0.3, -0.25) is 4.79 Å². The number of rotatable bonds is 3. The molecule has 2 fully saturated rings. The van der Waals surface area contributed by atoms with Gasteiger partial charge in [-0.15, -0.1) is 0 Å². The van der Waals surface area contributed by atoms with Crippen LogP contribution in [-0.4, -0.2) is 51.8 Å². The zero-order valence-corrected chi connectivity index (χ0v) is 12.7. The number of β-amino-alcohol motifs (C(OH)–C–C–N with tert-alkyl or cyclic N) is 1.